The van der Waals surface area contributed by atoms with Gasteiger partial charge in [0.15, 0.2) is 0 Å². The van der Waals surface area contributed by atoms with Crippen molar-refractivity contribution in [2.45, 2.75) is 20.0 Å². The molecular weight excluding hydrogens is 431 g/mol. The SMILES string of the molecule is C/C=C(COc1cc(-n2cnc3ccc(OC)cc32)sc1C(N)=O)\C(=C/C)C(F)(F)F. The van der Waals surface area contributed by atoms with Crippen molar-refractivity contribution in [2.24, 2.45) is 5.73 Å². The van der Waals surface area contributed by atoms with Gasteiger partial charge in [0, 0.05) is 12.1 Å². The van der Waals surface area contributed by atoms with Crippen LogP contribution in [0.25, 0.3) is 16.0 Å². The molecule has 0 saturated carbocycles. The van der Waals surface area contributed by atoms with E-state index in [2.05, 4.69) is 4.98 Å². The van der Waals surface area contributed by atoms with Crippen LogP contribution in [0.4, 0.5) is 13.2 Å². The third-order valence-electron chi connectivity index (χ3n) is 4.57. The molecule has 0 aliphatic carbocycles. The maximum absolute atomic E-state index is 13.2. The summed E-state index contributed by atoms with van der Waals surface area (Å²) in [4.78, 5) is 16.4. The molecule has 0 bridgehead atoms. The molecule has 31 heavy (non-hydrogen) atoms. The van der Waals surface area contributed by atoms with Crippen LogP contribution in [0, 0.1) is 0 Å². The smallest absolute Gasteiger partial charge is 0.416 e. The molecule has 0 atom stereocenters. The first kappa shape index (κ1) is 22.4. The Hall–Kier alpha value is -3.27. The highest BCUT2D eigenvalue weighted by Gasteiger charge is 2.35. The van der Waals surface area contributed by atoms with Gasteiger partial charge in [0.25, 0.3) is 5.91 Å². The van der Waals surface area contributed by atoms with Crippen molar-refractivity contribution < 1.29 is 27.4 Å². The van der Waals surface area contributed by atoms with Crippen molar-refractivity contribution in [1.29, 1.82) is 0 Å². The number of nitrogens with zero attached hydrogens (tertiary/aromatic N) is 2. The third-order valence-corrected chi connectivity index (χ3v) is 5.70. The summed E-state index contributed by atoms with van der Waals surface area (Å²) < 4.78 is 52.3. The number of hydrogen-bond donors (Lipinski definition) is 1. The molecule has 0 saturated heterocycles. The predicted octanol–water partition coefficient (Wildman–Crippen LogP) is 5.03. The lowest BCUT2D eigenvalue weighted by Gasteiger charge is -2.15. The number of nitrogens with two attached hydrogens (primary N) is 1. The van der Waals surface area contributed by atoms with Gasteiger partial charge in [0.1, 0.15) is 34.3 Å². The number of hydrogen-bond acceptors (Lipinski definition) is 5. The van der Waals surface area contributed by atoms with E-state index in [0.717, 1.165) is 22.9 Å². The zero-order valence-electron chi connectivity index (χ0n) is 17.0. The van der Waals surface area contributed by atoms with E-state index >= 15 is 0 Å². The molecule has 0 unspecified atom stereocenters. The Labute approximate surface area is 180 Å². The Morgan fingerprint density at radius 2 is 2.00 bits per heavy atom. The second kappa shape index (κ2) is 8.84. The first-order valence-electron chi connectivity index (χ1n) is 9.16. The van der Waals surface area contributed by atoms with Gasteiger partial charge in [-0.1, -0.05) is 12.2 Å². The first-order valence-corrected chi connectivity index (χ1v) is 9.98. The lowest BCUT2D eigenvalue weighted by atomic mass is 10.1. The topological polar surface area (TPSA) is 79.4 Å². The van der Waals surface area contributed by atoms with Gasteiger partial charge in [-0.15, -0.1) is 11.3 Å². The van der Waals surface area contributed by atoms with Crippen LogP contribution < -0.4 is 15.2 Å². The molecule has 0 fully saturated rings. The number of carbonyl (C=O) groups excluding carboxylic acids is 1. The lowest BCUT2D eigenvalue weighted by Crippen LogP contribution is -2.18. The Kier molecular flexibility index (Phi) is 6.40. The third kappa shape index (κ3) is 4.58. The molecule has 3 rings (SSSR count). The minimum Gasteiger partial charge on any atom is -0.497 e. The molecule has 0 spiro atoms. The minimum atomic E-state index is -4.51. The number of carbonyl (C=O) groups is 1. The molecule has 164 valence electrons. The number of fused-ring (bicyclic) bond motifs is 1. The van der Waals surface area contributed by atoms with E-state index in [-0.39, 0.29) is 22.8 Å². The molecule has 2 heterocycles. The van der Waals surface area contributed by atoms with Crippen molar-refractivity contribution >= 4 is 28.3 Å². The second-order valence-corrected chi connectivity index (χ2v) is 7.44. The van der Waals surface area contributed by atoms with Crippen molar-refractivity contribution in [3.8, 4) is 16.5 Å². The predicted molar refractivity (Wildman–Crippen MR) is 113 cm³/mol. The Balaban J connectivity index is 1.96. The standard InChI is InChI=1S/C21H20F3N3O3S/c1-4-12(14(5-2)21(22,23)24)10-30-17-9-18(31-19(17)20(25)28)27-11-26-15-7-6-13(29-3)8-16(15)27/h4-9,11H,10H2,1-3H3,(H2,25,28)/b12-4-,14-5+. The maximum Gasteiger partial charge on any atom is 0.416 e. The van der Waals surface area contributed by atoms with E-state index in [9.17, 15) is 18.0 Å². The number of aromatic nitrogens is 2. The van der Waals surface area contributed by atoms with Crippen LogP contribution in [0.3, 0.4) is 0 Å². The molecule has 6 nitrogen and oxygen atoms in total. The van der Waals surface area contributed by atoms with Crippen molar-refractivity contribution in [3.63, 3.8) is 0 Å². The molecule has 3 aromatic rings. The van der Waals surface area contributed by atoms with Crippen LogP contribution in [0.15, 0.2) is 53.9 Å². The van der Waals surface area contributed by atoms with Gasteiger partial charge in [-0.05, 0) is 31.6 Å². The van der Waals surface area contributed by atoms with Crippen LogP contribution in [0.2, 0.25) is 0 Å². The summed E-state index contributed by atoms with van der Waals surface area (Å²) in [6.45, 7) is 2.43. The zero-order chi connectivity index (χ0) is 22.8. The van der Waals surface area contributed by atoms with E-state index in [1.54, 1.807) is 42.3 Å². The van der Waals surface area contributed by atoms with Crippen molar-refractivity contribution in [3.05, 3.63) is 58.8 Å². The fraction of sp³-hybridized carbons (Fsp3) is 0.238. The van der Waals surface area contributed by atoms with Gasteiger partial charge < -0.3 is 15.2 Å². The number of alkyl halides is 3. The first-order chi connectivity index (χ1) is 14.7. The number of methoxy groups -OCH3 is 1. The summed E-state index contributed by atoms with van der Waals surface area (Å²) in [6, 6.07) is 6.90. The van der Waals surface area contributed by atoms with Crippen molar-refractivity contribution in [1.82, 2.24) is 9.55 Å². The molecule has 10 heteroatoms. The molecular formula is C21H20F3N3O3S. The second-order valence-electron chi connectivity index (χ2n) is 6.41. The van der Waals surface area contributed by atoms with Crippen LogP contribution in [0.5, 0.6) is 11.5 Å². The molecule has 2 N–H and O–H groups in total. The van der Waals surface area contributed by atoms with Gasteiger partial charge in [-0.25, -0.2) is 4.98 Å². The van der Waals surface area contributed by atoms with Crippen LogP contribution in [0.1, 0.15) is 23.5 Å². The van der Waals surface area contributed by atoms with E-state index in [1.165, 1.54) is 19.9 Å². The van der Waals surface area contributed by atoms with Crippen molar-refractivity contribution in [2.75, 3.05) is 13.7 Å². The van der Waals surface area contributed by atoms with E-state index in [0.29, 0.717) is 16.3 Å². The average molecular weight is 451 g/mol. The summed E-state index contributed by atoms with van der Waals surface area (Å²) in [6.07, 6.45) is -0.627. The summed E-state index contributed by atoms with van der Waals surface area (Å²) >= 11 is 1.06. The molecule has 2 aromatic heterocycles. The van der Waals surface area contributed by atoms with Gasteiger partial charge >= 0.3 is 6.18 Å². The number of imidazole rings is 1. The quantitative estimate of drug-likeness (QED) is 0.511. The number of rotatable bonds is 7. The number of benzene rings is 1. The monoisotopic (exact) mass is 451 g/mol. The highest BCUT2D eigenvalue weighted by Crippen LogP contribution is 2.36. The maximum atomic E-state index is 13.2. The number of ether oxygens (including phenoxy) is 2. The Morgan fingerprint density at radius 3 is 2.58 bits per heavy atom. The summed E-state index contributed by atoms with van der Waals surface area (Å²) in [7, 11) is 1.54. The molecule has 0 aliphatic rings. The normalized spacial score (nSPS) is 13.0. The van der Waals surface area contributed by atoms with Crippen LogP contribution in [-0.4, -0.2) is 35.4 Å². The Morgan fingerprint density at radius 1 is 1.26 bits per heavy atom. The van der Waals surface area contributed by atoms with E-state index < -0.39 is 17.7 Å². The Bertz CT molecular complexity index is 1180. The summed E-state index contributed by atoms with van der Waals surface area (Å²) in [5, 5.41) is 0.573. The fourth-order valence-corrected chi connectivity index (χ4v) is 3.99. The van der Waals surface area contributed by atoms with Gasteiger partial charge in [0.2, 0.25) is 0 Å². The van der Waals surface area contributed by atoms with Gasteiger partial charge in [0.05, 0.1) is 23.7 Å². The fourth-order valence-electron chi connectivity index (χ4n) is 3.05. The highest BCUT2D eigenvalue weighted by molar-refractivity contribution is 7.16. The number of halogens is 3. The van der Waals surface area contributed by atoms with Crippen LogP contribution in [-0.2, 0) is 0 Å². The number of thiophene rings is 1. The summed E-state index contributed by atoms with van der Waals surface area (Å²) in [5.41, 5.74) is 6.07. The van der Waals surface area contributed by atoms with Crippen LogP contribution >= 0.6 is 11.3 Å². The molecule has 0 radical (unpaired) electrons. The molecule has 1 amide bonds. The van der Waals surface area contributed by atoms with Gasteiger partial charge in [-0.2, -0.15) is 13.2 Å². The average Bonchev–Trinajstić information content (AvgIpc) is 3.33. The van der Waals surface area contributed by atoms with E-state index in [4.69, 9.17) is 15.2 Å². The lowest BCUT2D eigenvalue weighted by molar-refractivity contribution is -0.0900. The number of allylic oxidation sites excluding steroid dienone is 2. The van der Waals surface area contributed by atoms with Gasteiger partial charge in [-0.3, -0.25) is 9.36 Å². The highest BCUT2D eigenvalue weighted by atomic mass is 32.1. The zero-order valence-corrected chi connectivity index (χ0v) is 17.8. The molecule has 0 aliphatic heterocycles. The number of primary amides is 1. The largest absolute Gasteiger partial charge is 0.497 e. The summed E-state index contributed by atoms with van der Waals surface area (Å²) in [5.74, 6) is -0.00672. The van der Waals surface area contributed by atoms with E-state index in [1.807, 2.05) is 0 Å². The minimum absolute atomic E-state index is 0.0454. The molecule has 1 aromatic carbocycles. The number of amides is 1.